The molecule has 7 heteroatoms. The molecule has 31 heavy (non-hydrogen) atoms. The van der Waals surface area contributed by atoms with Crippen LogP contribution in [0.4, 0.5) is 11.4 Å². The van der Waals surface area contributed by atoms with Crippen LogP contribution in [0.1, 0.15) is 25.8 Å². The Morgan fingerprint density at radius 1 is 1.03 bits per heavy atom. The maximum atomic E-state index is 13.1. The molecule has 162 valence electrons. The van der Waals surface area contributed by atoms with Crippen LogP contribution in [-0.4, -0.2) is 43.6 Å². The summed E-state index contributed by atoms with van der Waals surface area (Å²) in [5.41, 5.74) is 2.59. The lowest BCUT2D eigenvalue weighted by Crippen LogP contribution is -2.43. The second-order valence-corrected chi connectivity index (χ2v) is 8.05. The van der Waals surface area contributed by atoms with Crippen LogP contribution in [0.3, 0.4) is 0 Å². The molecule has 2 amide bonds. The Morgan fingerprint density at radius 3 is 2.45 bits per heavy atom. The highest BCUT2D eigenvalue weighted by Gasteiger charge is 2.40. The van der Waals surface area contributed by atoms with Crippen LogP contribution in [0.25, 0.3) is 0 Å². The van der Waals surface area contributed by atoms with Gasteiger partial charge in [-0.1, -0.05) is 30.3 Å². The van der Waals surface area contributed by atoms with Crippen molar-refractivity contribution in [1.82, 2.24) is 0 Å². The first-order valence-electron chi connectivity index (χ1n) is 10.5. The number of carbonyl (C=O) groups excluding carboxylic acids is 3. The number of esters is 1. The standard InChI is InChI=1S/C24H26N2O5/c1-15-12-17-8-4-5-9-19(17)26(15)23(28)16(2)31-24(29)18-13-22(27)25(14-18)20-10-6-7-11-21(20)30-3/h4-11,15-16,18H,12-14H2,1-3H3/t15-,16+,18+/m0/s1. The Kier molecular flexibility index (Phi) is 5.67. The fourth-order valence-corrected chi connectivity index (χ4v) is 4.37. The van der Waals surface area contributed by atoms with E-state index in [0.717, 1.165) is 17.7 Å². The van der Waals surface area contributed by atoms with Gasteiger partial charge in [-0.3, -0.25) is 14.4 Å². The molecule has 2 aliphatic heterocycles. The summed E-state index contributed by atoms with van der Waals surface area (Å²) in [5.74, 6) is -1.03. The lowest BCUT2D eigenvalue weighted by Gasteiger charge is -2.26. The largest absolute Gasteiger partial charge is 0.495 e. The number of ether oxygens (including phenoxy) is 2. The molecule has 3 atom stereocenters. The van der Waals surface area contributed by atoms with E-state index in [1.165, 1.54) is 12.0 Å². The molecule has 1 fully saturated rings. The molecule has 0 spiro atoms. The van der Waals surface area contributed by atoms with E-state index in [1.54, 1.807) is 24.0 Å². The molecule has 0 unspecified atom stereocenters. The van der Waals surface area contributed by atoms with Gasteiger partial charge in [0.15, 0.2) is 6.10 Å². The SMILES string of the molecule is COc1ccccc1N1C[C@H](C(=O)O[C@H](C)C(=O)N2c3ccccc3C[C@@H]2C)CC1=O. The normalized spacial score (nSPS) is 21.1. The van der Waals surface area contributed by atoms with Gasteiger partial charge in [0, 0.05) is 24.7 Å². The average molecular weight is 422 g/mol. The number of benzene rings is 2. The molecule has 0 radical (unpaired) electrons. The molecule has 2 aromatic carbocycles. The average Bonchev–Trinajstić information content (AvgIpc) is 3.32. The van der Waals surface area contributed by atoms with Crippen LogP contribution in [0.15, 0.2) is 48.5 Å². The molecule has 1 saturated heterocycles. The molecule has 0 bridgehead atoms. The molecule has 2 aromatic rings. The molecular formula is C24H26N2O5. The van der Waals surface area contributed by atoms with Gasteiger partial charge in [-0.05, 0) is 44.0 Å². The Balaban J connectivity index is 1.43. The van der Waals surface area contributed by atoms with Crippen molar-refractivity contribution >= 4 is 29.2 Å². The maximum absolute atomic E-state index is 13.1. The molecule has 0 saturated carbocycles. The van der Waals surface area contributed by atoms with Gasteiger partial charge in [0.05, 0.1) is 18.7 Å². The van der Waals surface area contributed by atoms with E-state index in [4.69, 9.17) is 9.47 Å². The number of nitrogens with zero attached hydrogens (tertiary/aromatic N) is 2. The Bertz CT molecular complexity index is 1020. The summed E-state index contributed by atoms with van der Waals surface area (Å²) in [6, 6.07) is 14.9. The van der Waals surface area contributed by atoms with Crippen molar-refractivity contribution in [1.29, 1.82) is 0 Å². The molecule has 4 rings (SSSR count). The lowest BCUT2D eigenvalue weighted by atomic mass is 10.1. The Labute approximate surface area is 181 Å². The second kappa shape index (κ2) is 8.41. The summed E-state index contributed by atoms with van der Waals surface area (Å²) in [6.45, 7) is 3.76. The first kappa shape index (κ1) is 20.9. The van der Waals surface area contributed by atoms with Crippen LogP contribution >= 0.6 is 0 Å². The highest BCUT2D eigenvalue weighted by molar-refractivity contribution is 6.02. The van der Waals surface area contributed by atoms with E-state index in [2.05, 4.69) is 0 Å². The minimum atomic E-state index is -0.934. The predicted octanol–water partition coefficient (Wildman–Crippen LogP) is 2.96. The van der Waals surface area contributed by atoms with Crippen LogP contribution in [-0.2, 0) is 25.5 Å². The van der Waals surface area contributed by atoms with Gasteiger partial charge < -0.3 is 19.3 Å². The number of anilines is 2. The second-order valence-electron chi connectivity index (χ2n) is 8.05. The molecule has 2 heterocycles. The van der Waals surface area contributed by atoms with E-state index < -0.39 is 18.0 Å². The fourth-order valence-electron chi connectivity index (χ4n) is 4.37. The molecule has 2 aliphatic rings. The van der Waals surface area contributed by atoms with Crippen LogP contribution in [0.2, 0.25) is 0 Å². The highest BCUT2D eigenvalue weighted by Crippen LogP contribution is 2.34. The first-order chi connectivity index (χ1) is 14.9. The number of amides is 2. The zero-order chi connectivity index (χ0) is 22.1. The van der Waals surface area contributed by atoms with Crippen LogP contribution in [0.5, 0.6) is 5.75 Å². The van der Waals surface area contributed by atoms with Crippen molar-refractivity contribution < 1.29 is 23.9 Å². The quantitative estimate of drug-likeness (QED) is 0.693. The number of fused-ring (bicyclic) bond motifs is 1. The van der Waals surface area contributed by atoms with Crippen LogP contribution in [0, 0.1) is 5.92 Å². The lowest BCUT2D eigenvalue weighted by molar-refractivity contribution is -0.157. The van der Waals surface area contributed by atoms with Crippen molar-refractivity contribution in [3.63, 3.8) is 0 Å². The highest BCUT2D eigenvalue weighted by atomic mass is 16.5. The molecular weight excluding hydrogens is 396 g/mol. The van der Waals surface area contributed by atoms with Crippen molar-refractivity contribution in [2.24, 2.45) is 5.92 Å². The number of methoxy groups -OCH3 is 1. The third kappa shape index (κ3) is 3.87. The van der Waals surface area contributed by atoms with Gasteiger partial charge in [-0.15, -0.1) is 0 Å². The first-order valence-corrected chi connectivity index (χ1v) is 10.5. The summed E-state index contributed by atoms with van der Waals surface area (Å²) in [6.07, 6.45) is -0.120. The van der Waals surface area contributed by atoms with Crippen LogP contribution < -0.4 is 14.5 Å². The topological polar surface area (TPSA) is 76.2 Å². The summed E-state index contributed by atoms with van der Waals surface area (Å²) < 4.78 is 10.9. The molecule has 0 aliphatic carbocycles. The summed E-state index contributed by atoms with van der Waals surface area (Å²) in [5, 5.41) is 0. The predicted molar refractivity (Wildman–Crippen MR) is 116 cm³/mol. The number of carbonyl (C=O) groups is 3. The molecule has 0 aromatic heterocycles. The monoisotopic (exact) mass is 422 g/mol. The fraction of sp³-hybridized carbons (Fsp3) is 0.375. The molecule has 7 nitrogen and oxygen atoms in total. The van der Waals surface area contributed by atoms with Crippen molar-refractivity contribution in [3.8, 4) is 5.75 Å². The van der Waals surface area contributed by atoms with E-state index in [0.29, 0.717) is 11.4 Å². The van der Waals surface area contributed by atoms with E-state index in [1.807, 2.05) is 43.3 Å². The maximum Gasteiger partial charge on any atom is 0.312 e. The van der Waals surface area contributed by atoms with Gasteiger partial charge in [-0.2, -0.15) is 0 Å². The Morgan fingerprint density at radius 2 is 1.71 bits per heavy atom. The van der Waals surface area contributed by atoms with Gasteiger partial charge in [0.2, 0.25) is 5.91 Å². The number of rotatable bonds is 5. The van der Waals surface area contributed by atoms with Gasteiger partial charge in [0.25, 0.3) is 5.91 Å². The summed E-state index contributed by atoms with van der Waals surface area (Å²) >= 11 is 0. The smallest absolute Gasteiger partial charge is 0.312 e. The third-order valence-corrected chi connectivity index (χ3v) is 5.92. The van der Waals surface area contributed by atoms with E-state index in [-0.39, 0.29) is 30.8 Å². The van der Waals surface area contributed by atoms with E-state index in [9.17, 15) is 14.4 Å². The van der Waals surface area contributed by atoms with Crippen molar-refractivity contribution in [2.75, 3.05) is 23.5 Å². The summed E-state index contributed by atoms with van der Waals surface area (Å²) in [4.78, 5) is 41.6. The Hall–Kier alpha value is -3.35. The molecule has 0 N–H and O–H groups in total. The zero-order valence-corrected chi connectivity index (χ0v) is 17.9. The number of para-hydroxylation sites is 3. The van der Waals surface area contributed by atoms with Gasteiger partial charge in [0.1, 0.15) is 5.75 Å². The van der Waals surface area contributed by atoms with E-state index >= 15 is 0 Å². The number of hydrogen-bond acceptors (Lipinski definition) is 5. The zero-order valence-electron chi connectivity index (χ0n) is 17.9. The van der Waals surface area contributed by atoms with Crippen molar-refractivity contribution in [3.05, 3.63) is 54.1 Å². The van der Waals surface area contributed by atoms with Crippen molar-refractivity contribution in [2.45, 2.75) is 38.8 Å². The van der Waals surface area contributed by atoms with Gasteiger partial charge in [-0.25, -0.2) is 0 Å². The van der Waals surface area contributed by atoms with Gasteiger partial charge >= 0.3 is 5.97 Å². The minimum absolute atomic E-state index is 0.000136. The summed E-state index contributed by atoms with van der Waals surface area (Å²) in [7, 11) is 1.54. The minimum Gasteiger partial charge on any atom is -0.495 e. The third-order valence-electron chi connectivity index (χ3n) is 5.92. The number of hydrogen-bond donors (Lipinski definition) is 0.